The minimum Gasteiger partial charge on any atom is -0.463 e. The summed E-state index contributed by atoms with van der Waals surface area (Å²) in [5.41, 5.74) is 2.57. The van der Waals surface area contributed by atoms with Gasteiger partial charge in [0.2, 0.25) is 4.77 Å². The fourth-order valence-electron chi connectivity index (χ4n) is 3.18. The number of rotatable bonds is 4. The summed E-state index contributed by atoms with van der Waals surface area (Å²) in [6.07, 6.45) is 4.97. The van der Waals surface area contributed by atoms with Crippen LogP contribution in [0.4, 0.5) is 0 Å². The predicted octanol–water partition coefficient (Wildman–Crippen LogP) is 4.39. The molecule has 5 rings (SSSR count). The number of nitrogens with zero attached hydrogens (tertiary/aromatic N) is 4. The Labute approximate surface area is 175 Å². The SMILES string of the molecule is O=c1c2ccccc2[nH]c(=S)n1/N=C\c1cn(-c2ccccc2)nc1-c1ccco1. The number of nitrogens with one attached hydrogen (secondary N) is 1. The first kappa shape index (κ1) is 18.0. The van der Waals surface area contributed by atoms with E-state index in [1.165, 1.54) is 4.68 Å². The highest BCUT2D eigenvalue weighted by Gasteiger charge is 2.13. The van der Waals surface area contributed by atoms with E-state index in [-0.39, 0.29) is 10.3 Å². The van der Waals surface area contributed by atoms with E-state index in [1.807, 2.05) is 48.7 Å². The first-order valence-corrected chi connectivity index (χ1v) is 9.59. The van der Waals surface area contributed by atoms with Crippen LogP contribution in [0.25, 0.3) is 28.0 Å². The second kappa shape index (κ2) is 7.41. The van der Waals surface area contributed by atoms with Gasteiger partial charge in [0, 0.05) is 11.8 Å². The molecule has 7 nitrogen and oxygen atoms in total. The normalized spacial score (nSPS) is 11.5. The monoisotopic (exact) mass is 413 g/mol. The molecule has 0 fully saturated rings. The van der Waals surface area contributed by atoms with Gasteiger partial charge in [0.25, 0.3) is 5.56 Å². The van der Waals surface area contributed by atoms with Crippen LogP contribution in [-0.4, -0.2) is 25.7 Å². The summed E-state index contributed by atoms with van der Waals surface area (Å²) < 4.78 is 8.66. The molecule has 3 heterocycles. The Hall–Kier alpha value is -4.04. The van der Waals surface area contributed by atoms with Crippen LogP contribution in [0.5, 0.6) is 0 Å². The zero-order valence-corrected chi connectivity index (χ0v) is 16.4. The second-order valence-electron chi connectivity index (χ2n) is 6.53. The predicted molar refractivity (Wildman–Crippen MR) is 118 cm³/mol. The van der Waals surface area contributed by atoms with Crippen LogP contribution in [0.15, 0.2) is 93.5 Å². The molecule has 0 saturated heterocycles. The molecule has 2 aromatic carbocycles. The molecular formula is C22H15N5O2S. The molecule has 0 bridgehead atoms. The van der Waals surface area contributed by atoms with Crippen molar-refractivity contribution in [2.24, 2.45) is 5.10 Å². The van der Waals surface area contributed by atoms with Gasteiger partial charge >= 0.3 is 0 Å². The molecule has 1 N–H and O–H groups in total. The minimum atomic E-state index is -0.291. The van der Waals surface area contributed by atoms with Crippen LogP contribution in [0.2, 0.25) is 0 Å². The number of furan rings is 1. The molecule has 0 aliphatic carbocycles. The van der Waals surface area contributed by atoms with E-state index in [1.54, 1.807) is 41.4 Å². The van der Waals surface area contributed by atoms with Crippen molar-refractivity contribution in [1.29, 1.82) is 0 Å². The van der Waals surface area contributed by atoms with Crippen LogP contribution in [0.3, 0.4) is 0 Å². The lowest BCUT2D eigenvalue weighted by Gasteiger charge is -2.02. The smallest absolute Gasteiger partial charge is 0.282 e. The minimum absolute atomic E-state index is 0.213. The molecule has 8 heteroatoms. The lowest BCUT2D eigenvalue weighted by atomic mass is 10.2. The van der Waals surface area contributed by atoms with Gasteiger partial charge in [0.1, 0.15) is 5.69 Å². The molecule has 0 radical (unpaired) electrons. The number of para-hydroxylation sites is 2. The first-order chi connectivity index (χ1) is 14.7. The average Bonchev–Trinajstić information content (AvgIpc) is 3.44. The Morgan fingerprint density at radius 1 is 1.03 bits per heavy atom. The second-order valence-corrected chi connectivity index (χ2v) is 6.91. The van der Waals surface area contributed by atoms with Crippen LogP contribution in [0, 0.1) is 4.77 Å². The quantitative estimate of drug-likeness (QED) is 0.350. The van der Waals surface area contributed by atoms with Gasteiger partial charge in [-0.2, -0.15) is 14.9 Å². The van der Waals surface area contributed by atoms with Gasteiger partial charge < -0.3 is 9.40 Å². The zero-order chi connectivity index (χ0) is 20.5. The zero-order valence-electron chi connectivity index (χ0n) is 15.6. The van der Waals surface area contributed by atoms with Gasteiger partial charge in [-0.15, -0.1) is 0 Å². The van der Waals surface area contributed by atoms with E-state index in [0.717, 1.165) is 5.69 Å². The highest BCUT2D eigenvalue weighted by atomic mass is 32.1. The van der Waals surface area contributed by atoms with Crippen molar-refractivity contribution in [3.8, 4) is 17.1 Å². The Bertz CT molecular complexity index is 1480. The van der Waals surface area contributed by atoms with E-state index >= 15 is 0 Å². The summed E-state index contributed by atoms with van der Waals surface area (Å²) in [6, 6.07) is 20.5. The summed E-state index contributed by atoms with van der Waals surface area (Å²) in [5.74, 6) is 0.599. The number of hydrogen-bond donors (Lipinski definition) is 1. The lowest BCUT2D eigenvalue weighted by molar-refractivity contribution is 0.579. The summed E-state index contributed by atoms with van der Waals surface area (Å²) >= 11 is 5.33. The Kier molecular flexibility index (Phi) is 4.45. The highest BCUT2D eigenvalue weighted by molar-refractivity contribution is 7.71. The van der Waals surface area contributed by atoms with Crippen molar-refractivity contribution in [3.63, 3.8) is 0 Å². The average molecular weight is 413 g/mol. The molecule has 146 valence electrons. The van der Waals surface area contributed by atoms with Crippen LogP contribution < -0.4 is 5.56 Å². The van der Waals surface area contributed by atoms with E-state index in [9.17, 15) is 4.79 Å². The van der Waals surface area contributed by atoms with Gasteiger partial charge in [0.15, 0.2) is 5.76 Å². The maximum Gasteiger partial charge on any atom is 0.282 e. The molecule has 0 aliphatic rings. The first-order valence-electron chi connectivity index (χ1n) is 9.18. The van der Waals surface area contributed by atoms with Crippen LogP contribution in [-0.2, 0) is 0 Å². The molecular weight excluding hydrogens is 398 g/mol. The molecule has 0 spiro atoms. The number of fused-ring (bicyclic) bond motifs is 1. The highest BCUT2D eigenvalue weighted by Crippen LogP contribution is 2.23. The third kappa shape index (κ3) is 3.19. The standard InChI is InChI=1S/C22H15N5O2S/c28-21-17-9-4-5-10-18(17)24-22(30)27(21)23-13-15-14-26(16-7-2-1-3-8-16)25-20(15)19-11-6-12-29-19/h1-14H,(H,24,30)/b23-13-. The third-order valence-electron chi connectivity index (χ3n) is 4.61. The van der Waals surface area contributed by atoms with Crippen molar-refractivity contribution in [3.05, 3.63) is 99.9 Å². The molecule has 0 amide bonds. The van der Waals surface area contributed by atoms with Crippen LogP contribution in [0.1, 0.15) is 5.56 Å². The fraction of sp³-hybridized carbons (Fsp3) is 0. The van der Waals surface area contributed by atoms with Crippen molar-refractivity contribution in [2.45, 2.75) is 0 Å². The van der Waals surface area contributed by atoms with Crippen molar-refractivity contribution >= 4 is 29.3 Å². The number of hydrogen-bond acceptors (Lipinski definition) is 5. The van der Waals surface area contributed by atoms with Gasteiger partial charge in [0.05, 0.1) is 29.1 Å². The van der Waals surface area contributed by atoms with Gasteiger partial charge in [-0.1, -0.05) is 30.3 Å². The van der Waals surface area contributed by atoms with E-state index in [2.05, 4.69) is 15.2 Å². The van der Waals surface area contributed by atoms with Crippen molar-refractivity contribution in [2.75, 3.05) is 0 Å². The van der Waals surface area contributed by atoms with E-state index < -0.39 is 0 Å². The summed E-state index contributed by atoms with van der Waals surface area (Å²) in [5, 5.41) is 9.50. The number of H-pyrrole nitrogens is 1. The van der Waals surface area contributed by atoms with Crippen molar-refractivity contribution in [1.82, 2.24) is 19.4 Å². The number of aromatic nitrogens is 4. The number of aromatic amines is 1. The number of benzene rings is 2. The van der Waals surface area contributed by atoms with E-state index in [4.69, 9.17) is 16.6 Å². The Morgan fingerprint density at radius 2 is 1.83 bits per heavy atom. The van der Waals surface area contributed by atoms with Gasteiger partial charge in [-0.05, 0) is 48.6 Å². The molecule has 0 unspecified atom stereocenters. The lowest BCUT2D eigenvalue weighted by Crippen LogP contribution is -2.18. The largest absolute Gasteiger partial charge is 0.463 e. The molecule has 0 saturated carbocycles. The topological polar surface area (TPSA) is 81.1 Å². The third-order valence-corrected chi connectivity index (χ3v) is 4.89. The van der Waals surface area contributed by atoms with E-state index in [0.29, 0.717) is 27.9 Å². The summed E-state index contributed by atoms with van der Waals surface area (Å²) in [4.78, 5) is 15.9. The molecule has 0 aliphatic heterocycles. The summed E-state index contributed by atoms with van der Waals surface area (Å²) in [7, 11) is 0. The Morgan fingerprint density at radius 3 is 2.63 bits per heavy atom. The van der Waals surface area contributed by atoms with Crippen molar-refractivity contribution < 1.29 is 4.42 Å². The van der Waals surface area contributed by atoms with Crippen LogP contribution >= 0.6 is 12.2 Å². The molecule has 0 atom stereocenters. The Balaban J connectivity index is 1.64. The fourth-order valence-corrected chi connectivity index (χ4v) is 3.42. The maximum absolute atomic E-state index is 12.8. The van der Waals surface area contributed by atoms with Gasteiger partial charge in [-0.25, -0.2) is 4.68 Å². The maximum atomic E-state index is 12.8. The molecule has 3 aromatic heterocycles. The van der Waals surface area contributed by atoms with Gasteiger partial charge in [-0.3, -0.25) is 4.79 Å². The summed E-state index contributed by atoms with van der Waals surface area (Å²) in [6.45, 7) is 0. The molecule has 5 aromatic rings. The molecule has 30 heavy (non-hydrogen) atoms.